The number of hydrogen-bond acceptors (Lipinski definition) is 2. The van der Waals surface area contributed by atoms with Crippen LogP contribution < -0.4 is 0 Å². The quantitative estimate of drug-likeness (QED) is 0.164. The summed E-state index contributed by atoms with van der Waals surface area (Å²) in [5.41, 5.74) is 0. The van der Waals surface area contributed by atoms with Crippen LogP contribution in [0.3, 0.4) is 0 Å². The summed E-state index contributed by atoms with van der Waals surface area (Å²) in [6.07, 6.45) is 24.9. The lowest BCUT2D eigenvalue weighted by Gasteiger charge is -2.01. The van der Waals surface area contributed by atoms with Crippen LogP contribution in [0, 0.1) is 0 Å². The van der Waals surface area contributed by atoms with Crippen LogP contribution in [0.4, 0.5) is 0 Å². The Morgan fingerprint density at radius 2 is 1.13 bits per heavy atom. The second-order valence-corrected chi connectivity index (χ2v) is 6.62. The molecule has 2 nitrogen and oxygen atoms in total. The van der Waals surface area contributed by atoms with Crippen LogP contribution in [-0.4, -0.2) is 13.1 Å². The second kappa shape index (κ2) is 19.3. The molecule has 0 amide bonds. The van der Waals surface area contributed by atoms with Crippen molar-refractivity contribution in [1.82, 2.24) is 0 Å². The van der Waals surface area contributed by atoms with E-state index in [2.05, 4.69) is 23.8 Å². The first-order valence-corrected chi connectivity index (χ1v) is 10.0. The highest BCUT2D eigenvalue weighted by atomic mass is 16.5. The fourth-order valence-electron chi connectivity index (χ4n) is 2.80. The van der Waals surface area contributed by atoms with Crippen LogP contribution in [0.2, 0.25) is 0 Å². The third-order valence-corrected chi connectivity index (χ3v) is 4.37. The fraction of sp³-hybridized carbons (Fsp3) is 0.857. The summed E-state index contributed by atoms with van der Waals surface area (Å²) in [4.78, 5) is 10.9. The Morgan fingerprint density at radius 3 is 1.61 bits per heavy atom. The SMILES string of the molecule is CCCCCCCCCCCC=CCCCCCCC(=O)OC. The molecule has 0 aliphatic heterocycles. The van der Waals surface area contributed by atoms with Gasteiger partial charge in [0.15, 0.2) is 0 Å². The Morgan fingerprint density at radius 1 is 0.696 bits per heavy atom. The summed E-state index contributed by atoms with van der Waals surface area (Å²) in [5, 5.41) is 0. The largest absolute Gasteiger partial charge is 0.469 e. The molecule has 0 aromatic heterocycles. The summed E-state index contributed by atoms with van der Waals surface area (Å²) in [7, 11) is 1.46. The smallest absolute Gasteiger partial charge is 0.305 e. The first-order valence-electron chi connectivity index (χ1n) is 10.0. The third kappa shape index (κ3) is 19.2. The minimum atomic E-state index is -0.0779. The summed E-state index contributed by atoms with van der Waals surface area (Å²) in [6.45, 7) is 2.28. The fourth-order valence-corrected chi connectivity index (χ4v) is 2.80. The van der Waals surface area contributed by atoms with Crippen LogP contribution in [0.15, 0.2) is 12.2 Å². The maximum atomic E-state index is 10.9. The molecule has 0 aliphatic rings. The van der Waals surface area contributed by atoms with Gasteiger partial charge in [0.2, 0.25) is 0 Å². The molecule has 0 aliphatic carbocycles. The zero-order valence-corrected chi connectivity index (χ0v) is 15.8. The molecule has 0 aromatic rings. The van der Waals surface area contributed by atoms with Gasteiger partial charge in [-0.3, -0.25) is 4.79 Å². The van der Waals surface area contributed by atoms with Crippen molar-refractivity contribution in [2.45, 2.75) is 110 Å². The molecule has 0 atom stereocenters. The van der Waals surface area contributed by atoms with Crippen LogP contribution in [-0.2, 0) is 9.53 Å². The lowest BCUT2D eigenvalue weighted by molar-refractivity contribution is -0.140. The molecule has 0 saturated heterocycles. The molecule has 0 N–H and O–H groups in total. The van der Waals surface area contributed by atoms with Gasteiger partial charge in [-0.25, -0.2) is 0 Å². The van der Waals surface area contributed by atoms with E-state index in [4.69, 9.17) is 0 Å². The van der Waals surface area contributed by atoms with Gasteiger partial charge in [0.05, 0.1) is 7.11 Å². The van der Waals surface area contributed by atoms with Gasteiger partial charge in [0, 0.05) is 6.42 Å². The Kier molecular flexibility index (Phi) is 18.6. The average molecular weight is 325 g/mol. The van der Waals surface area contributed by atoms with Crippen molar-refractivity contribution in [3.63, 3.8) is 0 Å². The number of hydrogen-bond donors (Lipinski definition) is 0. The van der Waals surface area contributed by atoms with E-state index in [0.717, 1.165) is 12.8 Å². The maximum absolute atomic E-state index is 10.9. The number of unbranched alkanes of at least 4 members (excludes halogenated alkanes) is 13. The number of carbonyl (C=O) groups excluding carboxylic acids is 1. The number of ether oxygens (including phenoxy) is 1. The number of carbonyl (C=O) groups is 1. The molecule has 2 heteroatoms. The maximum Gasteiger partial charge on any atom is 0.305 e. The van der Waals surface area contributed by atoms with Gasteiger partial charge in [0.1, 0.15) is 0 Å². The molecule has 0 saturated carbocycles. The highest BCUT2D eigenvalue weighted by Crippen LogP contribution is 2.11. The van der Waals surface area contributed by atoms with Gasteiger partial charge in [-0.15, -0.1) is 0 Å². The van der Waals surface area contributed by atoms with Gasteiger partial charge in [-0.1, -0.05) is 83.3 Å². The topological polar surface area (TPSA) is 26.3 Å². The van der Waals surface area contributed by atoms with Crippen molar-refractivity contribution < 1.29 is 9.53 Å². The van der Waals surface area contributed by atoms with Gasteiger partial charge in [0.25, 0.3) is 0 Å². The highest BCUT2D eigenvalue weighted by Gasteiger charge is 1.98. The summed E-state index contributed by atoms with van der Waals surface area (Å²) < 4.78 is 4.63. The number of allylic oxidation sites excluding steroid dienone is 2. The van der Waals surface area contributed by atoms with E-state index in [-0.39, 0.29) is 5.97 Å². The minimum absolute atomic E-state index is 0.0779. The molecule has 0 radical (unpaired) electrons. The van der Waals surface area contributed by atoms with E-state index in [9.17, 15) is 4.79 Å². The van der Waals surface area contributed by atoms with E-state index in [1.165, 1.54) is 90.6 Å². The molecule has 0 aromatic carbocycles. The van der Waals surface area contributed by atoms with Crippen molar-refractivity contribution in [3.8, 4) is 0 Å². The van der Waals surface area contributed by atoms with E-state index in [1.807, 2.05) is 0 Å². The second-order valence-electron chi connectivity index (χ2n) is 6.62. The predicted octanol–water partition coefficient (Wildman–Crippen LogP) is 6.98. The third-order valence-electron chi connectivity index (χ3n) is 4.37. The Balaban J connectivity index is 3.10. The zero-order valence-electron chi connectivity index (χ0n) is 15.8. The summed E-state index contributed by atoms with van der Waals surface area (Å²) >= 11 is 0. The van der Waals surface area contributed by atoms with Gasteiger partial charge in [-0.05, 0) is 32.1 Å². The molecular weight excluding hydrogens is 284 g/mol. The number of methoxy groups -OCH3 is 1. The van der Waals surface area contributed by atoms with Crippen molar-refractivity contribution in [3.05, 3.63) is 12.2 Å². The first kappa shape index (κ1) is 22.2. The van der Waals surface area contributed by atoms with E-state index in [1.54, 1.807) is 0 Å². The zero-order chi connectivity index (χ0) is 17.0. The molecule has 0 heterocycles. The molecule has 0 bridgehead atoms. The summed E-state index contributed by atoms with van der Waals surface area (Å²) in [6, 6.07) is 0. The summed E-state index contributed by atoms with van der Waals surface area (Å²) in [5.74, 6) is -0.0779. The van der Waals surface area contributed by atoms with E-state index in [0.29, 0.717) is 6.42 Å². The predicted molar refractivity (Wildman–Crippen MR) is 101 cm³/mol. The van der Waals surface area contributed by atoms with Crippen molar-refractivity contribution >= 4 is 5.97 Å². The average Bonchev–Trinajstić information content (AvgIpc) is 2.57. The number of esters is 1. The minimum Gasteiger partial charge on any atom is -0.469 e. The standard InChI is InChI=1S/C21H40O2/c1-3-4-5-6-7-8-9-10-11-12-13-14-15-16-17-18-19-20-21(22)23-2/h13-14H,3-12,15-20H2,1-2H3. The molecule has 136 valence electrons. The monoisotopic (exact) mass is 324 g/mol. The van der Waals surface area contributed by atoms with E-state index >= 15 is 0 Å². The molecule has 0 spiro atoms. The van der Waals surface area contributed by atoms with Crippen LogP contribution in [0.1, 0.15) is 110 Å². The normalized spacial score (nSPS) is 11.2. The van der Waals surface area contributed by atoms with Crippen molar-refractivity contribution in [1.29, 1.82) is 0 Å². The Bertz CT molecular complexity index is 271. The van der Waals surface area contributed by atoms with E-state index < -0.39 is 0 Å². The van der Waals surface area contributed by atoms with Crippen LogP contribution >= 0.6 is 0 Å². The van der Waals surface area contributed by atoms with Crippen molar-refractivity contribution in [2.24, 2.45) is 0 Å². The molecular formula is C21H40O2. The molecule has 0 fully saturated rings. The molecule has 0 unspecified atom stereocenters. The Hall–Kier alpha value is -0.790. The van der Waals surface area contributed by atoms with Gasteiger partial charge < -0.3 is 4.74 Å². The highest BCUT2D eigenvalue weighted by molar-refractivity contribution is 5.68. The molecule has 23 heavy (non-hydrogen) atoms. The van der Waals surface area contributed by atoms with Crippen LogP contribution in [0.25, 0.3) is 0 Å². The van der Waals surface area contributed by atoms with Crippen LogP contribution in [0.5, 0.6) is 0 Å². The van der Waals surface area contributed by atoms with Crippen molar-refractivity contribution in [2.75, 3.05) is 7.11 Å². The lowest BCUT2D eigenvalue weighted by Crippen LogP contribution is -1.98. The first-order chi connectivity index (χ1) is 11.3. The van der Waals surface area contributed by atoms with Gasteiger partial charge in [-0.2, -0.15) is 0 Å². The Labute approximate surface area is 145 Å². The number of rotatable bonds is 17. The van der Waals surface area contributed by atoms with Gasteiger partial charge >= 0.3 is 5.97 Å². The lowest BCUT2D eigenvalue weighted by atomic mass is 10.1. The molecule has 0 rings (SSSR count).